The Morgan fingerprint density at radius 2 is 1.85 bits per heavy atom. The summed E-state index contributed by atoms with van der Waals surface area (Å²) in [4.78, 5) is 17.1. The zero-order valence-electron chi connectivity index (χ0n) is 14.2. The van der Waals surface area contributed by atoms with Gasteiger partial charge in [-0.15, -0.1) is 0 Å². The zero-order chi connectivity index (χ0) is 19.8. The molecule has 3 aromatic rings. The van der Waals surface area contributed by atoms with Crippen molar-refractivity contribution in [3.63, 3.8) is 0 Å². The van der Waals surface area contributed by atoms with Gasteiger partial charge in [0.2, 0.25) is 0 Å². The summed E-state index contributed by atoms with van der Waals surface area (Å²) < 4.78 is 54.1. The van der Waals surface area contributed by atoms with Crippen LogP contribution in [0.3, 0.4) is 0 Å². The number of alkyl halides is 3. The summed E-state index contributed by atoms with van der Waals surface area (Å²) in [6.45, 7) is 1.76. The highest BCUT2D eigenvalue weighted by atomic mass is 19.4. The predicted molar refractivity (Wildman–Crippen MR) is 93.6 cm³/mol. The van der Waals surface area contributed by atoms with Crippen LogP contribution in [-0.2, 0) is 6.18 Å². The molecule has 0 saturated carbocycles. The van der Waals surface area contributed by atoms with E-state index in [9.17, 15) is 22.4 Å². The number of fused-ring (bicyclic) bond motifs is 1. The van der Waals surface area contributed by atoms with Gasteiger partial charge in [0.1, 0.15) is 11.6 Å². The van der Waals surface area contributed by atoms with Gasteiger partial charge in [0.25, 0.3) is 5.56 Å². The topological polar surface area (TPSA) is 72.9 Å². The van der Waals surface area contributed by atoms with Gasteiger partial charge in [-0.05, 0) is 42.8 Å². The van der Waals surface area contributed by atoms with Crippen molar-refractivity contribution >= 4 is 16.6 Å². The molecule has 0 aliphatic heterocycles. The summed E-state index contributed by atoms with van der Waals surface area (Å²) in [6.07, 6.45) is -4.32. The Balaban J connectivity index is 2.29. The lowest BCUT2D eigenvalue weighted by molar-refractivity contribution is -0.136. The zero-order valence-corrected chi connectivity index (χ0v) is 14.2. The fourth-order valence-electron chi connectivity index (χ4n) is 2.68. The van der Waals surface area contributed by atoms with Crippen molar-refractivity contribution in [3.8, 4) is 0 Å². The van der Waals surface area contributed by atoms with Crippen molar-refractivity contribution in [2.24, 2.45) is 5.73 Å². The minimum atomic E-state index is -4.72. The molecule has 3 rings (SSSR count). The third kappa shape index (κ3) is 3.63. The Hall–Kier alpha value is -2.94. The van der Waals surface area contributed by atoms with Gasteiger partial charge in [-0.25, -0.2) is 14.1 Å². The fourth-order valence-corrected chi connectivity index (χ4v) is 2.68. The molecular weight excluding hydrogens is 364 g/mol. The van der Waals surface area contributed by atoms with E-state index in [1.165, 1.54) is 24.3 Å². The summed E-state index contributed by atoms with van der Waals surface area (Å²) in [5, 5.41) is -0.563. The van der Waals surface area contributed by atoms with E-state index in [2.05, 4.69) is 10.4 Å². The molecule has 0 spiro atoms. The molecule has 27 heavy (non-hydrogen) atoms. The van der Waals surface area contributed by atoms with Crippen LogP contribution in [0.1, 0.15) is 30.8 Å². The van der Waals surface area contributed by atoms with Gasteiger partial charge in [-0.2, -0.15) is 13.2 Å². The SMILES string of the molecule is CC[C@H](N)c1nc2cccc(C(F)(F)F)c2c(=O)n1Nc1ccc(F)cc1. The highest BCUT2D eigenvalue weighted by Gasteiger charge is 2.34. The van der Waals surface area contributed by atoms with E-state index in [-0.39, 0.29) is 11.3 Å². The maximum absolute atomic E-state index is 13.4. The number of hydrogen-bond donors (Lipinski definition) is 2. The van der Waals surface area contributed by atoms with Crippen LogP contribution in [0.5, 0.6) is 0 Å². The van der Waals surface area contributed by atoms with Gasteiger partial charge in [0.05, 0.1) is 28.2 Å². The van der Waals surface area contributed by atoms with Crippen molar-refractivity contribution in [2.45, 2.75) is 25.6 Å². The van der Waals surface area contributed by atoms with Crippen molar-refractivity contribution in [3.05, 3.63) is 70.0 Å². The summed E-state index contributed by atoms with van der Waals surface area (Å²) >= 11 is 0. The largest absolute Gasteiger partial charge is 0.417 e. The third-order valence-electron chi connectivity index (χ3n) is 4.09. The molecule has 0 amide bonds. The normalized spacial score (nSPS) is 13.0. The van der Waals surface area contributed by atoms with Crippen molar-refractivity contribution < 1.29 is 17.6 Å². The molecule has 0 radical (unpaired) electrons. The number of nitrogens with two attached hydrogens (primary N) is 1. The van der Waals surface area contributed by atoms with Crippen LogP contribution >= 0.6 is 0 Å². The molecule has 0 fully saturated rings. The van der Waals surface area contributed by atoms with Crippen LogP contribution in [0.2, 0.25) is 0 Å². The molecule has 5 nitrogen and oxygen atoms in total. The van der Waals surface area contributed by atoms with Gasteiger partial charge in [-0.3, -0.25) is 10.2 Å². The van der Waals surface area contributed by atoms with E-state index < -0.39 is 34.5 Å². The van der Waals surface area contributed by atoms with E-state index >= 15 is 0 Å². The molecule has 0 unspecified atom stereocenters. The fraction of sp³-hybridized carbons (Fsp3) is 0.222. The summed E-state index contributed by atoms with van der Waals surface area (Å²) in [7, 11) is 0. The van der Waals surface area contributed by atoms with Crippen LogP contribution < -0.4 is 16.7 Å². The Morgan fingerprint density at radius 1 is 1.19 bits per heavy atom. The number of nitrogens with one attached hydrogen (secondary N) is 1. The van der Waals surface area contributed by atoms with E-state index in [4.69, 9.17) is 5.73 Å². The molecule has 2 aromatic carbocycles. The molecule has 0 aliphatic carbocycles. The molecule has 1 aromatic heterocycles. The second kappa shape index (κ2) is 6.99. The first-order valence-corrected chi connectivity index (χ1v) is 8.13. The lowest BCUT2D eigenvalue weighted by Crippen LogP contribution is -2.34. The Morgan fingerprint density at radius 3 is 2.44 bits per heavy atom. The molecule has 3 N–H and O–H groups in total. The summed E-state index contributed by atoms with van der Waals surface area (Å²) in [5.41, 5.74) is 6.89. The molecule has 1 atom stereocenters. The second-order valence-electron chi connectivity index (χ2n) is 5.94. The molecule has 0 bridgehead atoms. The van der Waals surface area contributed by atoms with Crippen molar-refractivity contribution in [1.29, 1.82) is 0 Å². The maximum atomic E-state index is 13.4. The Labute approximate surface area is 151 Å². The van der Waals surface area contributed by atoms with Gasteiger partial charge in [0.15, 0.2) is 0 Å². The first kappa shape index (κ1) is 18.8. The van der Waals surface area contributed by atoms with E-state index in [1.807, 2.05) is 0 Å². The number of hydrogen-bond acceptors (Lipinski definition) is 4. The van der Waals surface area contributed by atoms with E-state index in [1.54, 1.807) is 6.92 Å². The average Bonchev–Trinajstić information content (AvgIpc) is 2.63. The quantitative estimate of drug-likeness (QED) is 0.675. The number of rotatable bonds is 4. The Kier molecular flexibility index (Phi) is 4.88. The number of anilines is 1. The number of aromatic nitrogens is 2. The summed E-state index contributed by atoms with van der Waals surface area (Å²) in [6, 6.07) is 7.67. The summed E-state index contributed by atoms with van der Waals surface area (Å²) in [5.74, 6) is -0.409. The minimum absolute atomic E-state index is 0.0821. The maximum Gasteiger partial charge on any atom is 0.417 e. The molecule has 0 saturated heterocycles. The van der Waals surface area contributed by atoms with Crippen LogP contribution in [-0.4, -0.2) is 9.66 Å². The lowest BCUT2D eigenvalue weighted by atomic mass is 10.1. The third-order valence-corrected chi connectivity index (χ3v) is 4.09. The number of nitrogens with zero attached hydrogens (tertiary/aromatic N) is 2. The highest BCUT2D eigenvalue weighted by Crippen LogP contribution is 2.33. The molecule has 9 heteroatoms. The average molecular weight is 380 g/mol. The van der Waals surface area contributed by atoms with Crippen molar-refractivity contribution in [1.82, 2.24) is 9.66 Å². The molecular formula is C18H16F4N4O. The first-order valence-electron chi connectivity index (χ1n) is 8.13. The first-order chi connectivity index (χ1) is 12.7. The van der Waals surface area contributed by atoms with Crippen LogP contribution in [0, 0.1) is 5.82 Å². The smallest absolute Gasteiger partial charge is 0.321 e. The molecule has 142 valence electrons. The minimum Gasteiger partial charge on any atom is -0.321 e. The van der Waals surface area contributed by atoms with E-state index in [0.29, 0.717) is 12.1 Å². The lowest BCUT2D eigenvalue weighted by Gasteiger charge is -2.20. The van der Waals surface area contributed by atoms with Crippen LogP contribution in [0.15, 0.2) is 47.3 Å². The van der Waals surface area contributed by atoms with E-state index in [0.717, 1.165) is 22.9 Å². The van der Waals surface area contributed by atoms with Gasteiger partial charge >= 0.3 is 6.18 Å². The second-order valence-corrected chi connectivity index (χ2v) is 5.94. The predicted octanol–water partition coefficient (Wildman–Crippen LogP) is 3.84. The Bertz CT molecular complexity index is 1030. The standard InChI is InChI=1S/C18H16F4N4O/c1-2-13(23)16-24-14-5-3-4-12(18(20,21)22)15(14)17(27)26(16)25-11-8-6-10(19)7-9-11/h3-9,13,25H,2,23H2,1H3/t13-/m0/s1. The molecule has 0 aliphatic rings. The van der Waals surface area contributed by atoms with Crippen LogP contribution in [0.4, 0.5) is 23.2 Å². The van der Waals surface area contributed by atoms with Gasteiger partial charge in [-0.1, -0.05) is 13.0 Å². The van der Waals surface area contributed by atoms with Crippen LogP contribution in [0.25, 0.3) is 10.9 Å². The van der Waals surface area contributed by atoms with Gasteiger partial charge in [0, 0.05) is 0 Å². The molecule has 1 heterocycles. The highest BCUT2D eigenvalue weighted by molar-refractivity contribution is 5.82. The van der Waals surface area contributed by atoms with Crippen molar-refractivity contribution in [2.75, 3.05) is 5.43 Å². The van der Waals surface area contributed by atoms with Gasteiger partial charge < -0.3 is 5.73 Å². The number of halogens is 4. The number of benzene rings is 2. The monoisotopic (exact) mass is 380 g/mol.